The number of anilines is 1. The first kappa shape index (κ1) is 13.9. The van der Waals surface area contributed by atoms with Crippen LogP contribution in [0.1, 0.15) is 12.6 Å². The van der Waals surface area contributed by atoms with Crippen LogP contribution in [0, 0.1) is 3.83 Å². The molecule has 0 spiro atoms. The number of hydrogen-bond donors (Lipinski definition) is 3. The number of imidazole rings is 1. The number of rotatable bonds is 3. The number of aliphatic hydroxyl groups excluding tert-OH is 2. The highest BCUT2D eigenvalue weighted by atomic mass is 127. The first-order chi connectivity index (χ1) is 9.63. The molecule has 0 amide bonds. The summed E-state index contributed by atoms with van der Waals surface area (Å²) >= 11 is 2.04. The molecule has 3 atom stereocenters. The van der Waals surface area contributed by atoms with E-state index in [0.29, 0.717) is 27.2 Å². The van der Waals surface area contributed by atoms with Crippen molar-refractivity contribution in [2.75, 3.05) is 19.0 Å². The third kappa shape index (κ3) is 2.24. The minimum absolute atomic E-state index is 0.210. The van der Waals surface area contributed by atoms with Crippen molar-refractivity contribution in [3.8, 4) is 0 Å². The summed E-state index contributed by atoms with van der Waals surface area (Å²) in [5, 5.41) is 21.9. The molecule has 2 aromatic rings. The van der Waals surface area contributed by atoms with Gasteiger partial charge in [0.1, 0.15) is 12.3 Å². The molecule has 0 bridgehead atoms. The molecule has 3 heterocycles. The third-order valence-corrected chi connectivity index (χ3v) is 3.81. The lowest BCUT2D eigenvalue weighted by Crippen LogP contribution is -2.24. The van der Waals surface area contributed by atoms with Gasteiger partial charge in [0.2, 0.25) is 0 Å². The molecule has 9 heteroatoms. The molecule has 0 aromatic carbocycles. The maximum Gasteiger partial charge on any atom is 0.194 e. The number of aromatic nitrogens is 4. The van der Waals surface area contributed by atoms with Gasteiger partial charge in [-0.1, -0.05) is 0 Å². The van der Waals surface area contributed by atoms with Crippen LogP contribution < -0.4 is 5.32 Å². The molecule has 1 aliphatic heterocycles. The average molecular weight is 391 g/mol. The Kier molecular flexibility index (Phi) is 3.75. The minimum atomic E-state index is -0.688. The van der Waals surface area contributed by atoms with E-state index in [1.165, 1.54) is 0 Å². The predicted molar refractivity (Wildman–Crippen MR) is 79.2 cm³/mol. The van der Waals surface area contributed by atoms with E-state index in [9.17, 15) is 5.11 Å². The molecule has 3 N–H and O–H groups in total. The fourth-order valence-electron chi connectivity index (χ4n) is 2.33. The monoisotopic (exact) mass is 391 g/mol. The van der Waals surface area contributed by atoms with Gasteiger partial charge < -0.3 is 20.3 Å². The molecule has 0 radical (unpaired) electrons. The van der Waals surface area contributed by atoms with E-state index in [2.05, 4.69) is 20.3 Å². The number of aliphatic hydroxyl groups is 2. The number of halogens is 1. The van der Waals surface area contributed by atoms with Gasteiger partial charge in [-0.2, -0.15) is 0 Å². The molecule has 8 nitrogen and oxygen atoms in total. The normalized spacial score (nSPS) is 26.3. The van der Waals surface area contributed by atoms with Crippen LogP contribution in [-0.2, 0) is 4.74 Å². The molecular weight excluding hydrogens is 377 g/mol. The lowest BCUT2D eigenvalue weighted by molar-refractivity contribution is -0.0432. The van der Waals surface area contributed by atoms with Gasteiger partial charge in [-0.05, 0) is 0 Å². The molecular formula is C11H14IN5O3. The number of hydrogen-bond acceptors (Lipinski definition) is 7. The van der Waals surface area contributed by atoms with Crippen molar-refractivity contribution in [2.24, 2.45) is 0 Å². The molecule has 3 rings (SSSR count). The Labute approximate surface area is 128 Å². The summed E-state index contributed by atoms with van der Waals surface area (Å²) in [4.78, 5) is 12.9. The van der Waals surface area contributed by atoms with Gasteiger partial charge in [0.15, 0.2) is 20.8 Å². The molecule has 20 heavy (non-hydrogen) atoms. The summed E-state index contributed by atoms with van der Waals surface area (Å²) < 4.78 is 7.99. The van der Waals surface area contributed by atoms with Gasteiger partial charge in [0.05, 0.1) is 19.0 Å². The van der Waals surface area contributed by atoms with E-state index in [-0.39, 0.29) is 12.8 Å². The average Bonchev–Trinajstić information content (AvgIpc) is 3.00. The second-order valence-electron chi connectivity index (χ2n) is 4.53. The Morgan fingerprint density at radius 3 is 3.00 bits per heavy atom. The topological polar surface area (TPSA) is 105 Å². The van der Waals surface area contributed by atoms with Gasteiger partial charge in [-0.25, -0.2) is 15.0 Å². The van der Waals surface area contributed by atoms with Crippen molar-refractivity contribution in [2.45, 2.75) is 24.9 Å². The van der Waals surface area contributed by atoms with Gasteiger partial charge in [-0.15, -0.1) is 0 Å². The van der Waals surface area contributed by atoms with Gasteiger partial charge >= 0.3 is 0 Å². The Bertz CT molecular complexity index is 634. The number of nitrogens with one attached hydrogen (secondary N) is 1. The summed E-state index contributed by atoms with van der Waals surface area (Å²) in [7, 11) is 1.77. The highest BCUT2D eigenvalue weighted by molar-refractivity contribution is 14.1. The minimum Gasteiger partial charge on any atom is -0.394 e. The molecule has 1 fully saturated rings. The zero-order valence-electron chi connectivity index (χ0n) is 10.7. The second-order valence-corrected chi connectivity index (χ2v) is 5.49. The first-order valence-electron chi connectivity index (χ1n) is 6.16. The highest BCUT2D eigenvalue weighted by Crippen LogP contribution is 2.31. The van der Waals surface area contributed by atoms with Crippen molar-refractivity contribution in [1.29, 1.82) is 0 Å². The molecule has 1 aliphatic rings. The molecule has 0 saturated carbocycles. The molecule has 0 unspecified atom stereocenters. The summed E-state index contributed by atoms with van der Waals surface area (Å²) in [6.45, 7) is -0.210. The van der Waals surface area contributed by atoms with Gasteiger partial charge in [0.25, 0.3) is 0 Å². The standard InChI is InChI=1S/C11H14IN5O3/c1-13-9-8-10(16-11(12)15-9)17(4-14-8)7-2-5(19)6(3-18)20-7/h4-7,18-19H,2-3H2,1H3,(H,13,15,16)/t5-,6+,7+/m0/s1. The van der Waals surface area contributed by atoms with Crippen LogP contribution >= 0.6 is 22.6 Å². The Hall–Kier alpha value is -1.04. The summed E-state index contributed by atoms with van der Waals surface area (Å²) in [6.07, 6.45) is 0.372. The van der Waals surface area contributed by atoms with E-state index in [4.69, 9.17) is 9.84 Å². The fraction of sp³-hybridized carbons (Fsp3) is 0.545. The lowest BCUT2D eigenvalue weighted by Gasteiger charge is -2.13. The molecule has 108 valence electrons. The Morgan fingerprint density at radius 2 is 2.35 bits per heavy atom. The summed E-state index contributed by atoms with van der Waals surface area (Å²) in [5.74, 6) is 0.649. The number of ether oxygens (including phenoxy) is 1. The Balaban J connectivity index is 2.03. The van der Waals surface area contributed by atoms with Gasteiger partial charge in [-0.3, -0.25) is 4.57 Å². The predicted octanol–water partition coefficient (Wildman–Crippen LogP) is 0.113. The first-order valence-corrected chi connectivity index (χ1v) is 7.24. The highest BCUT2D eigenvalue weighted by Gasteiger charge is 2.35. The van der Waals surface area contributed by atoms with E-state index >= 15 is 0 Å². The number of nitrogens with zero attached hydrogens (tertiary/aromatic N) is 4. The van der Waals surface area contributed by atoms with E-state index < -0.39 is 12.2 Å². The van der Waals surface area contributed by atoms with Crippen LogP contribution in [0.25, 0.3) is 11.2 Å². The van der Waals surface area contributed by atoms with Crippen LogP contribution in [0.15, 0.2) is 6.33 Å². The molecule has 0 aliphatic carbocycles. The quantitative estimate of drug-likeness (QED) is 0.504. The van der Waals surface area contributed by atoms with Crippen molar-refractivity contribution in [3.63, 3.8) is 0 Å². The van der Waals surface area contributed by atoms with Crippen molar-refractivity contribution >= 4 is 39.6 Å². The van der Waals surface area contributed by atoms with Crippen molar-refractivity contribution in [1.82, 2.24) is 19.5 Å². The van der Waals surface area contributed by atoms with Crippen LogP contribution in [0.3, 0.4) is 0 Å². The Morgan fingerprint density at radius 1 is 1.55 bits per heavy atom. The third-order valence-electron chi connectivity index (χ3n) is 3.33. The van der Waals surface area contributed by atoms with E-state index in [1.807, 2.05) is 22.6 Å². The number of fused-ring (bicyclic) bond motifs is 1. The van der Waals surface area contributed by atoms with Crippen LogP contribution in [0.4, 0.5) is 5.82 Å². The van der Waals surface area contributed by atoms with Gasteiger partial charge in [0, 0.05) is 36.1 Å². The van der Waals surface area contributed by atoms with Crippen molar-refractivity contribution < 1.29 is 14.9 Å². The largest absolute Gasteiger partial charge is 0.394 e. The summed E-state index contributed by atoms with van der Waals surface area (Å²) in [6, 6.07) is 0. The van der Waals surface area contributed by atoms with Crippen molar-refractivity contribution in [3.05, 3.63) is 10.2 Å². The molecule has 1 saturated heterocycles. The SMILES string of the molecule is CNc1nc(I)nc2c1ncn2[C@H]1C[C@H](O)[C@@H](CO)O1. The molecule has 2 aromatic heterocycles. The maximum atomic E-state index is 9.82. The lowest BCUT2D eigenvalue weighted by atomic mass is 10.2. The zero-order chi connectivity index (χ0) is 14.3. The fourth-order valence-corrected chi connectivity index (χ4v) is 2.79. The zero-order valence-corrected chi connectivity index (χ0v) is 12.9. The smallest absolute Gasteiger partial charge is 0.194 e. The van der Waals surface area contributed by atoms with Crippen LogP contribution in [-0.4, -0.2) is 55.6 Å². The van der Waals surface area contributed by atoms with Crippen LogP contribution in [0.5, 0.6) is 0 Å². The van der Waals surface area contributed by atoms with E-state index in [0.717, 1.165) is 0 Å². The van der Waals surface area contributed by atoms with Crippen LogP contribution in [0.2, 0.25) is 0 Å². The van der Waals surface area contributed by atoms with E-state index in [1.54, 1.807) is 17.9 Å². The summed E-state index contributed by atoms with van der Waals surface area (Å²) in [5.41, 5.74) is 1.29. The maximum absolute atomic E-state index is 9.82. The second kappa shape index (κ2) is 5.39.